The molecule has 4 rings (SSSR count). The number of nitrogens with zero attached hydrogens (tertiary/aromatic N) is 2. The van der Waals surface area contributed by atoms with E-state index in [1.54, 1.807) is 29.2 Å². The Bertz CT molecular complexity index is 1300. The highest BCUT2D eigenvalue weighted by molar-refractivity contribution is 5.83. The van der Waals surface area contributed by atoms with Crippen molar-refractivity contribution in [1.29, 1.82) is 5.26 Å². The summed E-state index contributed by atoms with van der Waals surface area (Å²) in [6.45, 7) is 0.883. The third kappa shape index (κ3) is 4.38. The summed E-state index contributed by atoms with van der Waals surface area (Å²) in [7, 11) is 0. The van der Waals surface area contributed by atoms with Crippen molar-refractivity contribution in [3.05, 3.63) is 87.3 Å². The number of hydrogen-bond donors (Lipinski definition) is 1. The first-order valence-electron chi connectivity index (χ1n) is 9.93. The van der Waals surface area contributed by atoms with Crippen molar-refractivity contribution in [2.75, 3.05) is 13.1 Å². The molecular weight excluding hydrogens is 400 g/mol. The molecule has 1 amide bonds. The zero-order valence-electron chi connectivity index (χ0n) is 16.6. The number of H-pyrrole nitrogens is 1. The fraction of sp³-hybridized carbons (Fsp3) is 0.208. The molecule has 0 spiro atoms. The molecule has 1 N–H and O–H groups in total. The number of fused-ring (bicyclic) bond motifs is 1. The van der Waals surface area contributed by atoms with E-state index in [9.17, 15) is 18.4 Å². The predicted octanol–water partition coefficient (Wildman–Crippen LogP) is 3.93. The number of carbonyl (C=O) groups excluding carboxylic acids is 1. The lowest BCUT2D eigenvalue weighted by atomic mass is 9.97. The Morgan fingerprint density at radius 3 is 2.77 bits per heavy atom. The van der Waals surface area contributed by atoms with Crippen LogP contribution in [0.15, 0.2) is 53.3 Å². The third-order valence-corrected chi connectivity index (χ3v) is 5.44. The van der Waals surface area contributed by atoms with Gasteiger partial charge in [0.1, 0.15) is 11.6 Å². The van der Waals surface area contributed by atoms with Gasteiger partial charge in [-0.15, -0.1) is 0 Å². The van der Waals surface area contributed by atoms with Crippen LogP contribution in [0.2, 0.25) is 0 Å². The molecule has 0 unspecified atom stereocenters. The Labute approximate surface area is 177 Å². The first kappa shape index (κ1) is 20.5. The normalized spacial score (nSPS) is 13.7. The molecule has 31 heavy (non-hydrogen) atoms. The molecule has 0 fully saturated rings. The number of nitrogens with one attached hydrogen (secondary N) is 1. The number of aryl methyl sites for hydroxylation is 1. The van der Waals surface area contributed by atoms with E-state index in [2.05, 4.69) is 4.98 Å². The molecule has 2 heterocycles. The van der Waals surface area contributed by atoms with Gasteiger partial charge in [-0.1, -0.05) is 18.2 Å². The maximum atomic E-state index is 13.8. The van der Waals surface area contributed by atoms with Crippen LogP contribution in [0.25, 0.3) is 16.3 Å². The molecule has 0 saturated heterocycles. The van der Waals surface area contributed by atoms with Crippen molar-refractivity contribution < 1.29 is 13.6 Å². The van der Waals surface area contributed by atoms with Gasteiger partial charge in [0.2, 0.25) is 5.91 Å². The summed E-state index contributed by atoms with van der Waals surface area (Å²) in [5, 5.41) is 9.53. The molecule has 1 aromatic heterocycles. The Kier molecular flexibility index (Phi) is 5.63. The van der Waals surface area contributed by atoms with Gasteiger partial charge in [0.05, 0.1) is 17.0 Å². The molecule has 0 saturated carbocycles. The summed E-state index contributed by atoms with van der Waals surface area (Å²) in [5.41, 5.74) is 1.90. The van der Waals surface area contributed by atoms with Crippen molar-refractivity contribution in [3.63, 3.8) is 0 Å². The number of amides is 1. The molecule has 1 aliphatic rings. The average molecular weight is 419 g/mol. The molecule has 0 bridgehead atoms. The van der Waals surface area contributed by atoms with E-state index in [0.717, 1.165) is 5.57 Å². The van der Waals surface area contributed by atoms with Crippen molar-refractivity contribution in [3.8, 4) is 6.07 Å². The van der Waals surface area contributed by atoms with Gasteiger partial charge in [-0.25, -0.2) is 8.78 Å². The van der Waals surface area contributed by atoms with Gasteiger partial charge < -0.3 is 9.88 Å². The predicted molar refractivity (Wildman–Crippen MR) is 113 cm³/mol. The van der Waals surface area contributed by atoms with Crippen molar-refractivity contribution in [1.82, 2.24) is 9.88 Å². The average Bonchev–Trinajstić information content (AvgIpc) is 2.77. The summed E-state index contributed by atoms with van der Waals surface area (Å²) in [6, 6.07) is 12.3. The van der Waals surface area contributed by atoms with E-state index in [0.29, 0.717) is 42.6 Å². The van der Waals surface area contributed by atoms with Crippen LogP contribution in [-0.2, 0) is 11.2 Å². The molecule has 5 nitrogen and oxygen atoms in total. The fourth-order valence-electron chi connectivity index (χ4n) is 3.86. The zero-order chi connectivity index (χ0) is 22.0. The van der Waals surface area contributed by atoms with Crippen LogP contribution in [0, 0.1) is 23.0 Å². The minimum absolute atomic E-state index is 0.0168. The lowest BCUT2D eigenvalue weighted by Gasteiger charge is -2.27. The van der Waals surface area contributed by atoms with E-state index in [-0.39, 0.29) is 23.3 Å². The Morgan fingerprint density at radius 2 is 2.03 bits per heavy atom. The Balaban J connectivity index is 1.42. The lowest BCUT2D eigenvalue weighted by Crippen LogP contribution is -2.34. The number of hydrogen-bond acceptors (Lipinski definition) is 3. The van der Waals surface area contributed by atoms with Gasteiger partial charge >= 0.3 is 0 Å². The van der Waals surface area contributed by atoms with Crippen molar-refractivity contribution >= 4 is 22.3 Å². The second kappa shape index (κ2) is 8.52. The van der Waals surface area contributed by atoms with Crippen LogP contribution in [0.1, 0.15) is 29.7 Å². The number of nitriles is 1. The van der Waals surface area contributed by atoms with E-state index in [1.165, 1.54) is 18.2 Å². The third-order valence-electron chi connectivity index (χ3n) is 5.44. The SMILES string of the molecule is N#Cc1cc(F)cc(C2=CCN(C(=O)CCc3cc4cccc(F)c4c(=O)[nH]3)CC2)c1. The maximum absolute atomic E-state index is 13.8. The number of pyridine rings is 1. The number of benzene rings is 2. The first-order chi connectivity index (χ1) is 14.9. The van der Waals surface area contributed by atoms with Gasteiger partial charge in [-0.3, -0.25) is 9.59 Å². The minimum atomic E-state index is -0.572. The summed E-state index contributed by atoms with van der Waals surface area (Å²) in [6.07, 6.45) is 2.98. The van der Waals surface area contributed by atoms with Gasteiger partial charge in [0.15, 0.2) is 0 Å². The number of carbonyl (C=O) groups is 1. The van der Waals surface area contributed by atoms with Crippen LogP contribution in [-0.4, -0.2) is 28.9 Å². The van der Waals surface area contributed by atoms with E-state index < -0.39 is 17.2 Å². The lowest BCUT2D eigenvalue weighted by molar-refractivity contribution is -0.130. The minimum Gasteiger partial charge on any atom is -0.339 e. The number of aromatic amines is 1. The van der Waals surface area contributed by atoms with Crippen molar-refractivity contribution in [2.24, 2.45) is 0 Å². The smallest absolute Gasteiger partial charge is 0.258 e. The summed E-state index contributed by atoms with van der Waals surface area (Å²) in [4.78, 5) is 29.1. The fourth-order valence-corrected chi connectivity index (χ4v) is 3.86. The monoisotopic (exact) mass is 419 g/mol. The van der Waals surface area contributed by atoms with Gasteiger partial charge in [-0.2, -0.15) is 5.26 Å². The van der Waals surface area contributed by atoms with E-state index in [4.69, 9.17) is 5.26 Å². The standard InChI is InChI=1S/C24H19F2N3O2/c25-19-11-15(14-27)10-18(12-19)16-6-8-29(9-7-16)22(30)5-4-20-13-17-2-1-3-21(26)23(17)24(31)28-20/h1-3,6,10-13H,4-5,7-9H2,(H,28,31). The van der Waals surface area contributed by atoms with Crippen LogP contribution in [0.5, 0.6) is 0 Å². The van der Waals surface area contributed by atoms with E-state index >= 15 is 0 Å². The maximum Gasteiger partial charge on any atom is 0.258 e. The molecule has 0 atom stereocenters. The molecule has 2 aromatic carbocycles. The Morgan fingerprint density at radius 1 is 1.19 bits per heavy atom. The second-order valence-electron chi connectivity index (χ2n) is 7.49. The van der Waals surface area contributed by atoms with Gasteiger partial charge in [-0.05, 0) is 59.7 Å². The zero-order valence-corrected chi connectivity index (χ0v) is 16.6. The van der Waals surface area contributed by atoms with Crippen LogP contribution in [0.3, 0.4) is 0 Å². The highest BCUT2D eigenvalue weighted by atomic mass is 19.1. The molecule has 0 aliphatic carbocycles. The highest BCUT2D eigenvalue weighted by Gasteiger charge is 2.19. The van der Waals surface area contributed by atoms with Crippen LogP contribution < -0.4 is 5.56 Å². The molecule has 1 aliphatic heterocycles. The molecule has 3 aromatic rings. The largest absolute Gasteiger partial charge is 0.339 e. The van der Waals surface area contributed by atoms with E-state index in [1.807, 2.05) is 12.1 Å². The number of aromatic nitrogens is 1. The first-order valence-corrected chi connectivity index (χ1v) is 9.93. The summed E-state index contributed by atoms with van der Waals surface area (Å²) in [5.74, 6) is -1.09. The quantitative estimate of drug-likeness (QED) is 0.696. The Hall–Kier alpha value is -3.79. The number of rotatable bonds is 4. The molecule has 7 heteroatoms. The summed E-state index contributed by atoms with van der Waals surface area (Å²) < 4.78 is 27.5. The van der Waals surface area contributed by atoms with Gasteiger partial charge in [0, 0.05) is 25.2 Å². The van der Waals surface area contributed by atoms with Crippen LogP contribution in [0.4, 0.5) is 8.78 Å². The van der Waals surface area contributed by atoms with Crippen LogP contribution >= 0.6 is 0 Å². The topological polar surface area (TPSA) is 77.0 Å². The second-order valence-corrected chi connectivity index (χ2v) is 7.49. The molecular formula is C24H19F2N3O2. The molecule has 0 radical (unpaired) electrons. The number of halogens is 2. The summed E-state index contributed by atoms with van der Waals surface area (Å²) >= 11 is 0. The van der Waals surface area contributed by atoms with Gasteiger partial charge in [0.25, 0.3) is 5.56 Å². The van der Waals surface area contributed by atoms with Crippen molar-refractivity contribution in [2.45, 2.75) is 19.3 Å². The molecule has 156 valence electrons. The highest BCUT2D eigenvalue weighted by Crippen LogP contribution is 2.24.